The van der Waals surface area contributed by atoms with Gasteiger partial charge >= 0.3 is 0 Å². The van der Waals surface area contributed by atoms with Crippen LogP contribution in [-0.2, 0) is 14.8 Å². The molecule has 5 nitrogen and oxygen atoms in total. The third kappa shape index (κ3) is 4.58. The van der Waals surface area contributed by atoms with Gasteiger partial charge in [-0.25, -0.2) is 13.1 Å². The van der Waals surface area contributed by atoms with Crippen LogP contribution in [-0.4, -0.2) is 34.5 Å². The van der Waals surface area contributed by atoms with Crippen LogP contribution in [0.2, 0.25) is 5.02 Å². The van der Waals surface area contributed by atoms with Gasteiger partial charge in [0.1, 0.15) is 4.90 Å². The zero-order chi connectivity index (χ0) is 14.5. The second-order valence-electron chi connectivity index (χ2n) is 3.95. The fraction of sp³-hybridized carbons (Fsp3) is 0.417. The smallest absolute Gasteiger partial charge is 0.242 e. The Morgan fingerprint density at radius 3 is 2.68 bits per heavy atom. The fourth-order valence-electron chi connectivity index (χ4n) is 1.43. The Morgan fingerprint density at radius 1 is 1.42 bits per heavy atom. The predicted octanol–water partition coefficient (Wildman–Crippen LogP) is 1.86. The standard InChI is InChI=1S/C12H16ClNO4S/c1-9(15)10-4-5-11(13)12(8-10)19(16,17)14-6-3-7-18-2/h4-5,8,14H,3,6-7H2,1-2H3. The Bertz CT molecular complexity index is 557. The van der Waals surface area contributed by atoms with Crippen LogP contribution in [0, 0.1) is 0 Å². The molecule has 19 heavy (non-hydrogen) atoms. The predicted molar refractivity (Wildman–Crippen MR) is 73.1 cm³/mol. The molecule has 7 heteroatoms. The maximum atomic E-state index is 12.0. The minimum absolute atomic E-state index is 0.0840. The molecular formula is C12H16ClNO4S. The topological polar surface area (TPSA) is 72.5 Å². The van der Waals surface area contributed by atoms with E-state index < -0.39 is 10.0 Å². The number of carbonyl (C=O) groups is 1. The van der Waals surface area contributed by atoms with Crippen molar-refractivity contribution in [3.8, 4) is 0 Å². The number of benzene rings is 1. The average molecular weight is 306 g/mol. The SMILES string of the molecule is COCCCNS(=O)(=O)c1cc(C(C)=O)ccc1Cl. The molecule has 0 amide bonds. The third-order valence-corrected chi connectivity index (χ3v) is 4.39. The maximum Gasteiger partial charge on any atom is 0.242 e. The lowest BCUT2D eigenvalue weighted by atomic mass is 10.1. The molecule has 0 aliphatic carbocycles. The molecule has 0 saturated heterocycles. The summed E-state index contributed by atoms with van der Waals surface area (Å²) in [5.41, 5.74) is 0.307. The highest BCUT2D eigenvalue weighted by Crippen LogP contribution is 2.22. The first-order valence-electron chi connectivity index (χ1n) is 5.67. The van der Waals surface area contributed by atoms with Crippen molar-refractivity contribution in [1.82, 2.24) is 4.72 Å². The van der Waals surface area contributed by atoms with Gasteiger partial charge in [-0.1, -0.05) is 11.6 Å². The molecule has 0 heterocycles. The van der Waals surface area contributed by atoms with E-state index in [0.717, 1.165) is 0 Å². The van der Waals surface area contributed by atoms with E-state index in [4.69, 9.17) is 16.3 Å². The van der Waals surface area contributed by atoms with Crippen molar-refractivity contribution in [2.24, 2.45) is 0 Å². The molecule has 1 rings (SSSR count). The number of ketones is 1. The van der Waals surface area contributed by atoms with Crippen molar-refractivity contribution in [2.75, 3.05) is 20.3 Å². The minimum atomic E-state index is -3.72. The van der Waals surface area contributed by atoms with E-state index in [1.54, 1.807) is 7.11 Å². The van der Waals surface area contributed by atoms with E-state index >= 15 is 0 Å². The highest BCUT2D eigenvalue weighted by molar-refractivity contribution is 7.89. The number of halogens is 1. The molecule has 0 aromatic heterocycles. The van der Waals surface area contributed by atoms with Crippen LogP contribution >= 0.6 is 11.6 Å². The van der Waals surface area contributed by atoms with Gasteiger partial charge < -0.3 is 4.74 Å². The summed E-state index contributed by atoms with van der Waals surface area (Å²) in [6.07, 6.45) is 0.555. The Kier molecular flexibility index (Phi) is 5.93. The van der Waals surface area contributed by atoms with Crippen LogP contribution in [0.15, 0.2) is 23.1 Å². The molecule has 0 bridgehead atoms. The van der Waals surface area contributed by atoms with Crippen LogP contribution in [0.5, 0.6) is 0 Å². The number of ether oxygens (including phenoxy) is 1. The first-order chi connectivity index (χ1) is 8.88. The van der Waals surface area contributed by atoms with Crippen molar-refractivity contribution in [3.05, 3.63) is 28.8 Å². The summed E-state index contributed by atoms with van der Waals surface area (Å²) < 4.78 is 31.3. The molecule has 0 saturated carbocycles. The molecule has 1 N–H and O–H groups in total. The lowest BCUT2D eigenvalue weighted by Crippen LogP contribution is -2.26. The molecule has 106 valence electrons. The van der Waals surface area contributed by atoms with Gasteiger partial charge in [0, 0.05) is 25.8 Å². The lowest BCUT2D eigenvalue weighted by Gasteiger charge is -2.09. The van der Waals surface area contributed by atoms with Crippen LogP contribution < -0.4 is 4.72 Å². The van der Waals surface area contributed by atoms with Gasteiger partial charge in [0.15, 0.2) is 5.78 Å². The second-order valence-corrected chi connectivity index (χ2v) is 6.09. The van der Waals surface area contributed by atoms with Crippen LogP contribution in [0.4, 0.5) is 0 Å². The van der Waals surface area contributed by atoms with Crippen molar-refractivity contribution >= 4 is 27.4 Å². The van der Waals surface area contributed by atoms with Gasteiger partial charge in [-0.05, 0) is 31.5 Å². The zero-order valence-corrected chi connectivity index (χ0v) is 12.3. The highest BCUT2D eigenvalue weighted by atomic mass is 35.5. The van der Waals surface area contributed by atoms with Crippen molar-refractivity contribution in [3.63, 3.8) is 0 Å². The van der Waals surface area contributed by atoms with E-state index in [1.807, 2.05) is 0 Å². The third-order valence-electron chi connectivity index (χ3n) is 2.44. The summed E-state index contributed by atoms with van der Waals surface area (Å²) in [6.45, 7) is 2.08. The molecule has 0 spiro atoms. The quantitative estimate of drug-likeness (QED) is 0.616. The molecule has 0 fully saturated rings. The Labute approximate surface area is 118 Å². The average Bonchev–Trinajstić information content (AvgIpc) is 2.34. The molecule has 1 aromatic carbocycles. The number of rotatable bonds is 7. The maximum absolute atomic E-state index is 12.0. The Hall–Kier alpha value is -0.950. The molecule has 0 aliphatic rings. The number of hydrogen-bond donors (Lipinski definition) is 1. The molecule has 0 radical (unpaired) electrons. The van der Waals surface area contributed by atoms with Crippen molar-refractivity contribution < 1.29 is 17.9 Å². The van der Waals surface area contributed by atoms with E-state index in [0.29, 0.717) is 18.6 Å². The first-order valence-corrected chi connectivity index (χ1v) is 7.53. The minimum Gasteiger partial charge on any atom is -0.385 e. The number of carbonyl (C=O) groups excluding carboxylic acids is 1. The normalized spacial score (nSPS) is 11.5. The summed E-state index contributed by atoms with van der Waals surface area (Å²) >= 11 is 5.87. The molecule has 1 aromatic rings. The molecule has 0 aliphatic heterocycles. The van der Waals surface area contributed by atoms with Gasteiger partial charge in [-0.15, -0.1) is 0 Å². The Morgan fingerprint density at radius 2 is 2.11 bits per heavy atom. The summed E-state index contributed by atoms with van der Waals surface area (Å²) in [4.78, 5) is 11.2. The first kappa shape index (κ1) is 16.1. The van der Waals surface area contributed by atoms with Crippen LogP contribution in [0.25, 0.3) is 0 Å². The highest BCUT2D eigenvalue weighted by Gasteiger charge is 2.18. The van der Waals surface area contributed by atoms with Gasteiger partial charge in [0.2, 0.25) is 10.0 Å². The number of hydrogen-bond acceptors (Lipinski definition) is 4. The zero-order valence-electron chi connectivity index (χ0n) is 10.8. The van der Waals surface area contributed by atoms with Crippen molar-refractivity contribution in [2.45, 2.75) is 18.2 Å². The van der Waals surface area contributed by atoms with Gasteiger partial charge in [0.05, 0.1) is 5.02 Å². The van der Waals surface area contributed by atoms with Gasteiger partial charge in [-0.3, -0.25) is 4.79 Å². The monoisotopic (exact) mass is 305 g/mol. The fourth-order valence-corrected chi connectivity index (χ4v) is 3.03. The van der Waals surface area contributed by atoms with E-state index in [2.05, 4.69) is 4.72 Å². The Balaban J connectivity index is 2.94. The van der Waals surface area contributed by atoms with Crippen LogP contribution in [0.3, 0.4) is 0 Å². The molecule has 0 atom stereocenters. The van der Waals surface area contributed by atoms with Crippen molar-refractivity contribution in [1.29, 1.82) is 0 Å². The number of sulfonamides is 1. The lowest BCUT2D eigenvalue weighted by molar-refractivity contribution is 0.101. The number of Topliss-reactive ketones (excluding diaryl/α,β-unsaturated/α-hetero) is 1. The molecular weight excluding hydrogens is 290 g/mol. The summed E-state index contributed by atoms with van der Waals surface area (Å²) in [5.74, 6) is -0.215. The van der Waals surface area contributed by atoms with E-state index in [-0.39, 0.29) is 22.2 Å². The number of methoxy groups -OCH3 is 1. The summed E-state index contributed by atoms with van der Waals surface area (Å²) in [7, 11) is -2.17. The van der Waals surface area contributed by atoms with E-state index in [9.17, 15) is 13.2 Å². The van der Waals surface area contributed by atoms with Gasteiger partial charge in [-0.2, -0.15) is 0 Å². The van der Waals surface area contributed by atoms with Crippen LogP contribution in [0.1, 0.15) is 23.7 Å². The van der Waals surface area contributed by atoms with Gasteiger partial charge in [0.25, 0.3) is 0 Å². The largest absolute Gasteiger partial charge is 0.385 e. The summed E-state index contributed by atoms with van der Waals surface area (Å²) in [5, 5.41) is 0.0873. The van der Waals surface area contributed by atoms with E-state index in [1.165, 1.54) is 25.1 Å². The second kappa shape index (κ2) is 7.00. The molecule has 0 unspecified atom stereocenters. The summed E-state index contributed by atoms with van der Waals surface area (Å²) in [6, 6.07) is 4.18. The number of nitrogens with one attached hydrogen (secondary N) is 1.